The molecular weight excluding hydrogens is 488 g/mol. The molecular formula is C31H30N6O2. The number of para-hydroxylation sites is 1. The summed E-state index contributed by atoms with van der Waals surface area (Å²) in [5, 5.41) is 5.82. The van der Waals surface area contributed by atoms with Gasteiger partial charge in [0.25, 0.3) is 5.91 Å². The van der Waals surface area contributed by atoms with Gasteiger partial charge in [-0.3, -0.25) is 4.79 Å². The Morgan fingerprint density at radius 2 is 1.51 bits per heavy atom. The maximum absolute atomic E-state index is 13.2. The van der Waals surface area contributed by atoms with E-state index < -0.39 is 0 Å². The number of ether oxygens (including phenoxy) is 1. The second-order valence-corrected chi connectivity index (χ2v) is 9.66. The lowest BCUT2D eigenvalue weighted by molar-refractivity contribution is 0.0746. The lowest BCUT2D eigenvalue weighted by atomic mass is 10.1. The summed E-state index contributed by atoms with van der Waals surface area (Å²) in [4.78, 5) is 27.4. The first-order valence-corrected chi connectivity index (χ1v) is 13.1. The van der Waals surface area contributed by atoms with Crippen LogP contribution in [0, 0.1) is 6.92 Å². The lowest BCUT2D eigenvalue weighted by Crippen LogP contribution is -2.49. The van der Waals surface area contributed by atoms with Crippen molar-refractivity contribution in [2.24, 2.45) is 0 Å². The summed E-state index contributed by atoms with van der Waals surface area (Å²) < 4.78 is 7.14. The summed E-state index contributed by atoms with van der Waals surface area (Å²) in [5.74, 6) is 2.39. The van der Waals surface area contributed by atoms with Crippen LogP contribution in [0.5, 0.6) is 5.75 Å². The first kappa shape index (κ1) is 24.6. The molecule has 0 bridgehead atoms. The van der Waals surface area contributed by atoms with Crippen LogP contribution in [0.25, 0.3) is 16.7 Å². The molecule has 0 unspecified atom stereocenters. The predicted octanol–water partition coefficient (Wildman–Crippen LogP) is 4.69. The summed E-state index contributed by atoms with van der Waals surface area (Å²) in [6, 6.07) is 27.6. The van der Waals surface area contributed by atoms with E-state index in [-0.39, 0.29) is 5.91 Å². The Morgan fingerprint density at radius 1 is 0.846 bits per heavy atom. The molecule has 1 aliphatic heterocycles. The van der Waals surface area contributed by atoms with E-state index in [0.717, 1.165) is 45.4 Å². The van der Waals surface area contributed by atoms with E-state index in [4.69, 9.17) is 19.8 Å². The number of hydrogen-bond donors (Lipinski definition) is 0. The van der Waals surface area contributed by atoms with Crippen molar-refractivity contribution in [2.45, 2.75) is 13.3 Å². The van der Waals surface area contributed by atoms with Crippen molar-refractivity contribution in [3.8, 4) is 11.4 Å². The Labute approximate surface area is 227 Å². The van der Waals surface area contributed by atoms with Crippen LogP contribution in [0.15, 0.2) is 84.9 Å². The molecule has 0 radical (unpaired) electrons. The molecule has 8 nitrogen and oxygen atoms in total. The second kappa shape index (κ2) is 10.6. The number of amides is 1. The summed E-state index contributed by atoms with van der Waals surface area (Å²) in [6.07, 6.45) is 0.624. The molecule has 8 heteroatoms. The van der Waals surface area contributed by atoms with Crippen molar-refractivity contribution >= 4 is 22.8 Å². The van der Waals surface area contributed by atoms with Gasteiger partial charge in [-0.1, -0.05) is 48.5 Å². The van der Waals surface area contributed by atoms with Crippen LogP contribution in [0.3, 0.4) is 0 Å². The molecule has 1 aliphatic rings. The molecule has 6 rings (SSSR count). The third kappa shape index (κ3) is 4.93. The maximum Gasteiger partial charge on any atom is 0.253 e. The van der Waals surface area contributed by atoms with E-state index in [0.29, 0.717) is 38.2 Å². The van der Waals surface area contributed by atoms with Crippen LogP contribution < -0.4 is 9.64 Å². The average Bonchev–Trinajstić information content (AvgIpc) is 3.33. The van der Waals surface area contributed by atoms with Gasteiger partial charge in [0.1, 0.15) is 17.4 Å². The number of aryl methyl sites for hydroxylation is 1. The zero-order valence-corrected chi connectivity index (χ0v) is 22.1. The molecule has 39 heavy (non-hydrogen) atoms. The number of benzene rings is 3. The molecule has 0 aliphatic carbocycles. The number of anilines is 1. The summed E-state index contributed by atoms with van der Waals surface area (Å²) >= 11 is 0. The predicted molar refractivity (Wildman–Crippen MR) is 152 cm³/mol. The van der Waals surface area contributed by atoms with Crippen molar-refractivity contribution in [3.05, 3.63) is 108 Å². The number of fused-ring (bicyclic) bond motifs is 1. The minimum absolute atomic E-state index is 0.0305. The number of carbonyl (C=O) groups excluding carboxylic acids is 1. The highest BCUT2D eigenvalue weighted by Gasteiger charge is 2.27. The molecule has 0 saturated carbocycles. The van der Waals surface area contributed by atoms with Gasteiger partial charge in [-0.05, 0) is 48.9 Å². The molecule has 0 spiro atoms. The Balaban J connectivity index is 1.33. The van der Waals surface area contributed by atoms with Crippen LogP contribution in [-0.2, 0) is 6.42 Å². The van der Waals surface area contributed by atoms with E-state index in [1.165, 1.54) is 0 Å². The van der Waals surface area contributed by atoms with Crippen LogP contribution in [0.2, 0.25) is 0 Å². The van der Waals surface area contributed by atoms with E-state index in [1.807, 2.05) is 89.3 Å². The van der Waals surface area contributed by atoms with Crippen LogP contribution in [0.1, 0.15) is 27.4 Å². The molecule has 3 aromatic carbocycles. The highest BCUT2D eigenvalue weighted by molar-refractivity contribution is 5.95. The van der Waals surface area contributed by atoms with Gasteiger partial charge in [0.15, 0.2) is 5.65 Å². The highest BCUT2D eigenvalue weighted by Crippen LogP contribution is 2.30. The van der Waals surface area contributed by atoms with Gasteiger partial charge < -0.3 is 14.5 Å². The smallest absolute Gasteiger partial charge is 0.253 e. The second-order valence-electron chi connectivity index (χ2n) is 9.66. The van der Waals surface area contributed by atoms with Crippen molar-refractivity contribution in [1.29, 1.82) is 0 Å². The third-order valence-corrected chi connectivity index (χ3v) is 7.14. The zero-order valence-electron chi connectivity index (χ0n) is 22.1. The van der Waals surface area contributed by atoms with Crippen LogP contribution in [-0.4, -0.2) is 63.8 Å². The van der Waals surface area contributed by atoms with E-state index in [9.17, 15) is 4.79 Å². The SMILES string of the molecule is COc1ccc(C(=O)N2CCN(c3nc(Cc4ccccc4)nc4c3c(C)nn4-c3ccccc3)CC2)cc1. The van der Waals surface area contributed by atoms with Crippen molar-refractivity contribution < 1.29 is 9.53 Å². The van der Waals surface area contributed by atoms with Crippen molar-refractivity contribution in [3.63, 3.8) is 0 Å². The molecule has 1 fully saturated rings. The van der Waals surface area contributed by atoms with Gasteiger partial charge >= 0.3 is 0 Å². The van der Waals surface area contributed by atoms with Gasteiger partial charge in [-0.2, -0.15) is 5.10 Å². The topological polar surface area (TPSA) is 76.4 Å². The summed E-state index contributed by atoms with van der Waals surface area (Å²) in [6.45, 7) is 4.57. The molecule has 1 amide bonds. The number of rotatable bonds is 6. The van der Waals surface area contributed by atoms with Crippen molar-refractivity contribution in [1.82, 2.24) is 24.6 Å². The lowest BCUT2D eigenvalue weighted by Gasteiger charge is -2.36. The Hall–Kier alpha value is -4.72. The Bertz CT molecular complexity index is 1590. The first-order valence-electron chi connectivity index (χ1n) is 13.1. The molecule has 1 saturated heterocycles. The number of piperazine rings is 1. The van der Waals surface area contributed by atoms with Crippen LogP contribution >= 0.6 is 0 Å². The van der Waals surface area contributed by atoms with Gasteiger partial charge in [-0.25, -0.2) is 14.6 Å². The van der Waals surface area contributed by atoms with E-state index in [1.54, 1.807) is 7.11 Å². The summed E-state index contributed by atoms with van der Waals surface area (Å²) in [7, 11) is 1.62. The van der Waals surface area contributed by atoms with Crippen molar-refractivity contribution in [2.75, 3.05) is 38.2 Å². The van der Waals surface area contributed by atoms with Gasteiger partial charge in [0, 0.05) is 38.2 Å². The highest BCUT2D eigenvalue weighted by atomic mass is 16.5. The minimum Gasteiger partial charge on any atom is -0.497 e. The molecule has 3 heterocycles. The Morgan fingerprint density at radius 3 is 2.18 bits per heavy atom. The molecule has 5 aromatic rings. The average molecular weight is 519 g/mol. The van der Waals surface area contributed by atoms with E-state index in [2.05, 4.69) is 17.0 Å². The number of hydrogen-bond acceptors (Lipinski definition) is 6. The normalized spacial score (nSPS) is 13.6. The fourth-order valence-corrected chi connectivity index (χ4v) is 5.08. The quantitative estimate of drug-likeness (QED) is 0.325. The number of nitrogens with zero attached hydrogens (tertiary/aromatic N) is 6. The minimum atomic E-state index is 0.0305. The monoisotopic (exact) mass is 518 g/mol. The molecule has 196 valence electrons. The van der Waals surface area contributed by atoms with Gasteiger partial charge in [0.2, 0.25) is 0 Å². The molecule has 0 N–H and O–H groups in total. The Kier molecular flexibility index (Phi) is 6.67. The number of methoxy groups -OCH3 is 1. The third-order valence-electron chi connectivity index (χ3n) is 7.14. The van der Waals surface area contributed by atoms with E-state index >= 15 is 0 Å². The summed E-state index contributed by atoms with van der Waals surface area (Å²) in [5.41, 5.74) is 4.46. The fourth-order valence-electron chi connectivity index (χ4n) is 5.08. The first-order chi connectivity index (χ1) is 19.1. The zero-order chi connectivity index (χ0) is 26.8. The number of aromatic nitrogens is 4. The number of carbonyl (C=O) groups is 1. The molecule has 2 aromatic heterocycles. The molecule has 0 atom stereocenters. The van der Waals surface area contributed by atoms with Gasteiger partial charge in [-0.15, -0.1) is 0 Å². The maximum atomic E-state index is 13.2. The van der Waals surface area contributed by atoms with Gasteiger partial charge in [0.05, 0.1) is 23.9 Å². The van der Waals surface area contributed by atoms with Crippen LogP contribution in [0.4, 0.5) is 5.82 Å². The fraction of sp³-hybridized carbons (Fsp3) is 0.226. The standard InChI is InChI=1S/C31H30N6O2/c1-22-28-29(35-17-19-36(20-18-35)31(38)24-13-15-26(39-2)16-14-24)32-27(21-23-9-5-3-6-10-23)33-30(28)37(34-22)25-11-7-4-8-12-25/h3-16H,17-21H2,1-2H3. The largest absolute Gasteiger partial charge is 0.497 e.